The summed E-state index contributed by atoms with van der Waals surface area (Å²) in [5.41, 5.74) is 2.33. The molecule has 0 aliphatic carbocycles. The van der Waals surface area contributed by atoms with Crippen molar-refractivity contribution in [2.24, 2.45) is 0 Å². The minimum atomic E-state index is -0.825. The highest BCUT2D eigenvalue weighted by Gasteiger charge is 2.19. The number of phenolic OH excluding ortho intramolecular Hbond substituents is 3. The van der Waals surface area contributed by atoms with Crippen LogP contribution < -0.4 is 5.32 Å². The molecule has 0 atom stereocenters. The van der Waals surface area contributed by atoms with Crippen LogP contribution in [-0.2, 0) is 17.6 Å². The average molecular weight is 377 g/mol. The maximum atomic E-state index is 12.1. The van der Waals surface area contributed by atoms with Crippen molar-refractivity contribution in [3.8, 4) is 17.2 Å². The Bertz CT molecular complexity index is 1010. The first-order chi connectivity index (χ1) is 13.4. The Labute approximate surface area is 161 Å². The molecular weight excluding hydrogens is 358 g/mol. The molecule has 0 saturated carbocycles. The van der Waals surface area contributed by atoms with Gasteiger partial charge in [-0.3, -0.25) is 9.59 Å². The zero-order valence-corrected chi connectivity index (χ0v) is 14.9. The highest BCUT2D eigenvalue weighted by molar-refractivity contribution is 6.47. The fourth-order valence-corrected chi connectivity index (χ4v) is 2.74. The van der Waals surface area contributed by atoms with Crippen LogP contribution in [0.4, 0.5) is 5.69 Å². The predicted molar refractivity (Wildman–Crippen MR) is 105 cm³/mol. The normalized spacial score (nSPS) is 10.4. The highest BCUT2D eigenvalue weighted by atomic mass is 16.3. The molecule has 0 spiro atoms. The lowest BCUT2D eigenvalue weighted by Gasteiger charge is -2.08. The number of anilines is 1. The number of aryl methyl sites for hydroxylation is 2. The number of carbonyl (C=O) groups is 2. The molecule has 0 radical (unpaired) electrons. The van der Waals surface area contributed by atoms with E-state index >= 15 is 0 Å². The Hall–Kier alpha value is -3.80. The summed E-state index contributed by atoms with van der Waals surface area (Å²) in [7, 11) is 0. The number of amides is 1. The SMILES string of the molecule is O=C(Nc1ccc(CCc2ccc(O)c(O)c2)cc1)C(=O)c1ccccc1O. The quantitative estimate of drug-likeness (QED) is 0.299. The highest BCUT2D eigenvalue weighted by Crippen LogP contribution is 2.25. The Morgan fingerprint density at radius 2 is 1.36 bits per heavy atom. The van der Waals surface area contributed by atoms with Crippen molar-refractivity contribution in [1.29, 1.82) is 0 Å². The van der Waals surface area contributed by atoms with Gasteiger partial charge in [-0.1, -0.05) is 30.3 Å². The Morgan fingerprint density at radius 3 is 2.04 bits per heavy atom. The molecule has 0 fully saturated rings. The minimum Gasteiger partial charge on any atom is -0.507 e. The van der Waals surface area contributed by atoms with Gasteiger partial charge in [0.2, 0.25) is 0 Å². The van der Waals surface area contributed by atoms with Gasteiger partial charge in [-0.15, -0.1) is 0 Å². The first-order valence-electron chi connectivity index (χ1n) is 8.67. The third-order valence-electron chi connectivity index (χ3n) is 4.31. The molecule has 0 bridgehead atoms. The van der Waals surface area contributed by atoms with Gasteiger partial charge >= 0.3 is 0 Å². The van der Waals surface area contributed by atoms with E-state index < -0.39 is 11.7 Å². The van der Waals surface area contributed by atoms with Gasteiger partial charge in [0.15, 0.2) is 11.5 Å². The van der Waals surface area contributed by atoms with Gasteiger partial charge in [-0.05, 0) is 60.4 Å². The molecule has 28 heavy (non-hydrogen) atoms. The van der Waals surface area contributed by atoms with Crippen molar-refractivity contribution in [2.45, 2.75) is 12.8 Å². The van der Waals surface area contributed by atoms with Crippen LogP contribution in [-0.4, -0.2) is 27.0 Å². The van der Waals surface area contributed by atoms with E-state index in [0.29, 0.717) is 18.5 Å². The number of carbonyl (C=O) groups excluding carboxylic acids is 2. The molecule has 0 saturated heterocycles. The summed E-state index contributed by atoms with van der Waals surface area (Å²) in [4.78, 5) is 24.2. The number of ketones is 1. The van der Waals surface area contributed by atoms with Crippen LogP contribution in [0.2, 0.25) is 0 Å². The summed E-state index contributed by atoms with van der Waals surface area (Å²) in [5.74, 6) is -2.17. The van der Waals surface area contributed by atoms with Crippen LogP contribution in [0.1, 0.15) is 21.5 Å². The number of hydrogen-bond acceptors (Lipinski definition) is 5. The van der Waals surface area contributed by atoms with E-state index in [1.54, 1.807) is 30.3 Å². The van der Waals surface area contributed by atoms with Crippen LogP contribution in [0.15, 0.2) is 66.7 Å². The van der Waals surface area contributed by atoms with Gasteiger partial charge in [0.1, 0.15) is 5.75 Å². The van der Waals surface area contributed by atoms with Gasteiger partial charge in [-0.25, -0.2) is 0 Å². The van der Waals surface area contributed by atoms with E-state index in [2.05, 4.69) is 5.32 Å². The summed E-state index contributed by atoms with van der Waals surface area (Å²) in [6.07, 6.45) is 1.38. The number of rotatable bonds is 6. The van der Waals surface area contributed by atoms with E-state index in [0.717, 1.165) is 11.1 Å². The molecule has 4 N–H and O–H groups in total. The lowest BCUT2D eigenvalue weighted by atomic mass is 10.0. The number of Topliss-reactive ketones (excluding diaryl/α,β-unsaturated/α-hetero) is 1. The zero-order valence-electron chi connectivity index (χ0n) is 14.9. The second kappa shape index (κ2) is 8.26. The molecular formula is C22H19NO5. The number of para-hydroxylation sites is 1. The maximum absolute atomic E-state index is 12.1. The maximum Gasteiger partial charge on any atom is 0.296 e. The van der Waals surface area contributed by atoms with Gasteiger partial charge < -0.3 is 20.6 Å². The fraction of sp³-hybridized carbons (Fsp3) is 0.0909. The van der Waals surface area contributed by atoms with E-state index in [-0.39, 0.29) is 22.8 Å². The van der Waals surface area contributed by atoms with Crippen LogP contribution in [0.25, 0.3) is 0 Å². The zero-order chi connectivity index (χ0) is 20.1. The van der Waals surface area contributed by atoms with Crippen molar-refractivity contribution in [3.05, 3.63) is 83.4 Å². The van der Waals surface area contributed by atoms with Crippen LogP contribution in [0, 0.1) is 0 Å². The Morgan fingerprint density at radius 1 is 0.714 bits per heavy atom. The minimum absolute atomic E-state index is 0.0474. The first-order valence-corrected chi connectivity index (χ1v) is 8.67. The van der Waals surface area contributed by atoms with Crippen molar-refractivity contribution >= 4 is 17.4 Å². The Balaban J connectivity index is 1.59. The van der Waals surface area contributed by atoms with Gasteiger partial charge in [0.25, 0.3) is 11.7 Å². The summed E-state index contributed by atoms with van der Waals surface area (Å²) < 4.78 is 0. The number of hydrogen-bond donors (Lipinski definition) is 4. The first kappa shape index (κ1) is 19.0. The summed E-state index contributed by atoms with van der Waals surface area (Å²) in [5, 5.41) is 31.1. The summed E-state index contributed by atoms with van der Waals surface area (Å²) in [6.45, 7) is 0. The lowest BCUT2D eigenvalue weighted by Crippen LogP contribution is -2.22. The van der Waals surface area contributed by atoms with Crippen molar-refractivity contribution in [2.75, 3.05) is 5.32 Å². The summed E-state index contributed by atoms with van der Waals surface area (Å²) >= 11 is 0. The average Bonchev–Trinajstić information content (AvgIpc) is 2.70. The molecule has 6 heteroatoms. The number of benzene rings is 3. The molecule has 1 amide bonds. The topological polar surface area (TPSA) is 107 Å². The molecule has 0 heterocycles. The fourth-order valence-electron chi connectivity index (χ4n) is 2.74. The largest absolute Gasteiger partial charge is 0.507 e. The van der Waals surface area contributed by atoms with E-state index in [1.807, 2.05) is 12.1 Å². The molecule has 3 aromatic carbocycles. The van der Waals surface area contributed by atoms with E-state index in [1.165, 1.54) is 24.3 Å². The third-order valence-corrected chi connectivity index (χ3v) is 4.31. The molecule has 3 aromatic rings. The molecule has 0 aliphatic rings. The van der Waals surface area contributed by atoms with Crippen LogP contribution >= 0.6 is 0 Å². The molecule has 0 aliphatic heterocycles. The summed E-state index contributed by atoms with van der Waals surface area (Å²) in [6, 6.07) is 17.7. The van der Waals surface area contributed by atoms with Gasteiger partial charge in [-0.2, -0.15) is 0 Å². The second-order valence-corrected chi connectivity index (χ2v) is 6.32. The smallest absolute Gasteiger partial charge is 0.296 e. The monoisotopic (exact) mass is 377 g/mol. The molecule has 0 unspecified atom stereocenters. The van der Waals surface area contributed by atoms with E-state index in [9.17, 15) is 24.9 Å². The Kier molecular flexibility index (Phi) is 5.60. The van der Waals surface area contributed by atoms with Gasteiger partial charge in [0, 0.05) is 5.69 Å². The lowest BCUT2D eigenvalue weighted by molar-refractivity contribution is -0.112. The third kappa shape index (κ3) is 4.48. The van der Waals surface area contributed by atoms with Gasteiger partial charge in [0.05, 0.1) is 5.56 Å². The number of phenols is 3. The molecule has 0 aromatic heterocycles. The molecule has 142 valence electrons. The molecule has 6 nitrogen and oxygen atoms in total. The van der Waals surface area contributed by atoms with Crippen LogP contribution in [0.3, 0.4) is 0 Å². The van der Waals surface area contributed by atoms with Crippen LogP contribution in [0.5, 0.6) is 17.2 Å². The molecule has 3 rings (SSSR count). The standard InChI is InChI=1S/C22H19NO5/c24-18-4-2-1-3-17(18)21(27)22(28)23-16-10-7-14(8-11-16)5-6-15-9-12-19(25)20(26)13-15/h1-4,7-13,24-26H,5-6H2,(H,23,28). The number of aromatic hydroxyl groups is 3. The number of nitrogens with one attached hydrogen (secondary N) is 1. The van der Waals surface area contributed by atoms with Crippen molar-refractivity contribution < 1.29 is 24.9 Å². The van der Waals surface area contributed by atoms with Crippen molar-refractivity contribution in [3.63, 3.8) is 0 Å². The van der Waals surface area contributed by atoms with Crippen molar-refractivity contribution in [1.82, 2.24) is 0 Å². The second-order valence-electron chi connectivity index (χ2n) is 6.32. The predicted octanol–water partition coefficient (Wildman–Crippen LogP) is 3.41. The van der Waals surface area contributed by atoms with E-state index in [4.69, 9.17) is 0 Å².